The summed E-state index contributed by atoms with van der Waals surface area (Å²) in [6, 6.07) is 13.6. The number of amidine groups is 1. The van der Waals surface area contributed by atoms with Crippen molar-refractivity contribution in [1.29, 1.82) is 0 Å². The average molecular weight is 582 g/mol. The molecule has 2 unspecified atom stereocenters. The standard InChI is InChI=1S/C30H37BFN3O5S/c1-27(2,3)38-26(37)35-16-20-17-41-25(33-24(36)19-11-9-8-10-12-19)34-30(20,18-35)22-15-21(13-14-23(22)32)31-39-28(4,5)29(6,7)40-31/h8-15,20H,16-18H2,1-7H3,(H,33,34,36). The summed E-state index contributed by atoms with van der Waals surface area (Å²) < 4.78 is 34.0. The van der Waals surface area contributed by atoms with Crippen molar-refractivity contribution in [1.82, 2.24) is 10.2 Å². The van der Waals surface area contributed by atoms with E-state index >= 15 is 4.39 Å². The monoisotopic (exact) mass is 581 g/mol. The Kier molecular flexibility index (Phi) is 7.53. The van der Waals surface area contributed by atoms with E-state index in [2.05, 4.69) is 5.32 Å². The minimum atomic E-state index is -1.15. The van der Waals surface area contributed by atoms with Crippen LogP contribution in [0, 0.1) is 11.7 Å². The zero-order valence-corrected chi connectivity index (χ0v) is 25.4. The van der Waals surface area contributed by atoms with Crippen LogP contribution in [-0.2, 0) is 19.6 Å². The molecule has 41 heavy (non-hydrogen) atoms. The van der Waals surface area contributed by atoms with Crippen molar-refractivity contribution in [2.75, 3.05) is 18.8 Å². The molecule has 2 saturated heterocycles. The summed E-state index contributed by atoms with van der Waals surface area (Å²) in [5.74, 6) is -0.460. The summed E-state index contributed by atoms with van der Waals surface area (Å²) in [4.78, 5) is 32.8. The summed E-state index contributed by atoms with van der Waals surface area (Å²) in [5.41, 5.74) is -1.49. The van der Waals surface area contributed by atoms with E-state index in [1.54, 1.807) is 41.3 Å². The van der Waals surface area contributed by atoms with Gasteiger partial charge in [-0.05, 0) is 72.1 Å². The van der Waals surface area contributed by atoms with E-state index in [1.807, 2.05) is 54.5 Å². The van der Waals surface area contributed by atoms with E-state index < -0.39 is 41.4 Å². The molecule has 8 nitrogen and oxygen atoms in total. The van der Waals surface area contributed by atoms with E-state index in [0.29, 0.717) is 34.1 Å². The topological polar surface area (TPSA) is 89.5 Å². The van der Waals surface area contributed by atoms with Crippen molar-refractivity contribution in [3.63, 3.8) is 0 Å². The van der Waals surface area contributed by atoms with E-state index in [9.17, 15) is 9.59 Å². The number of fused-ring (bicyclic) bond motifs is 1. The Balaban J connectivity index is 1.55. The molecule has 3 aliphatic heterocycles. The molecule has 0 aliphatic carbocycles. The van der Waals surface area contributed by atoms with E-state index in [-0.39, 0.29) is 18.4 Å². The molecule has 5 rings (SSSR count). The number of benzene rings is 2. The van der Waals surface area contributed by atoms with Gasteiger partial charge in [0.05, 0.1) is 17.7 Å². The lowest BCUT2D eigenvalue weighted by Crippen LogP contribution is -2.44. The maximum absolute atomic E-state index is 15.9. The smallest absolute Gasteiger partial charge is 0.444 e. The van der Waals surface area contributed by atoms with Crippen LogP contribution in [0.5, 0.6) is 0 Å². The summed E-state index contributed by atoms with van der Waals surface area (Å²) in [6.07, 6.45) is -0.483. The molecule has 2 fully saturated rings. The highest BCUT2D eigenvalue weighted by molar-refractivity contribution is 8.13. The number of carbonyl (C=O) groups excluding carboxylic acids is 2. The molecular formula is C30H37BFN3O5S. The molecule has 2 aromatic rings. The van der Waals surface area contributed by atoms with E-state index in [4.69, 9.17) is 19.0 Å². The van der Waals surface area contributed by atoms with Gasteiger partial charge in [0.25, 0.3) is 5.91 Å². The van der Waals surface area contributed by atoms with Crippen LogP contribution >= 0.6 is 11.8 Å². The van der Waals surface area contributed by atoms with Crippen molar-refractivity contribution in [3.8, 4) is 0 Å². The molecule has 0 bridgehead atoms. The molecule has 218 valence electrons. The van der Waals surface area contributed by atoms with Crippen molar-refractivity contribution in [2.45, 2.75) is 70.8 Å². The first kappa shape index (κ1) is 29.6. The minimum Gasteiger partial charge on any atom is -0.444 e. The molecule has 2 aromatic carbocycles. The number of carbonyl (C=O) groups is 2. The maximum atomic E-state index is 15.9. The number of amides is 2. The van der Waals surface area contributed by atoms with Crippen LogP contribution in [0.15, 0.2) is 53.5 Å². The number of rotatable bonds is 3. The largest absolute Gasteiger partial charge is 0.494 e. The summed E-state index contributed by atoms with van der Waals surface area (Å²) in [5, 5.41) is 3.28. The van der Waals surface area contributed by atoms with Crippen LogP contribution in [0.1, 0.15) is 64.4 Å². The van der Waals surface area contributed by atoms with Gasteiger partial charge in [-0.1, -0.05) is 42.1 Å². The highest BCUT2D eigenvalue weighted by Gasteiger charge is 2.55. The number of aliphatic imine (C=N–C) groups is 1. The molecule has 0 saturated carbocycles. The van der Waals surface area contributed by atoms with Gasteiger partial charge in [0.1, 0.15) is 17.0 Å². The lowest BCUT2D eigenvalue weighted by atomic mass is 9.74. The van der Waals surface area contributed by atoms with Gasteiger partial charge in [-0.2, -0.15) is 0 Å². The van der Waals surface area contributed by atoms with Gasteiger partial charge in [0, 0.05) is 29.3 Å². The Labute approximate surface area is 245 Å². The molecule has 1 N–H and O–H groups in total. The third kappa shape index (κ3) is 5.76. The molecule has 3 aliphatic rings. The maximum Gasteiger partial charge on any atom is 0.494 e. The van der Waals surface area contributed by atoms with Crippen LogP contribution in [0.2, 0.25) is 0 Å². The Morgan fingerprint density at radius 2 is 1.76 bits per heavy atom. The summed E-state index contributed by atoms with van der Waals surface area (Å²) in [7, 11) is -0.697. The quantitative estimate of drug-likeness (QED) is 0.528. The lowest BCUT2D eigenvalue weighted by molar-refractivity contribution is 0.00578. The molecule has 11 heteroatoms. The van der Waals surface area contributed by atoms with Gasteiger partial charge in [-0.15, -0.1) is 0 Å². The Bertz CT molecular complexity index is 1360. The number of halogens is 1. The zero-order chi connectivity index (χ0) is 29.8. The van der Waals surface area contributed by atoms with Gasteiger partial charge in [0.2, 0.25) is 0 Å². The number of hydrogen-bond acceptors (Lipinski definition) is 7. The zero-order valence-electron chi connectivity index (χ0n) is 24.6. The minimum absolute atomic E-state index is 0.0988. The van der Waals surface area contributed by atoms with Crippen LogP contribution in [-0.4, -0.2) is 64.8 Å². The second kappa shape index (κ2) is 10.4. The number of nitrogens with zero attached hydrogens (tertiary/aromatic N) is 2. The Hall–Kier alpha value is -2.89. The number of ether oxygens (including phenoxy) is 1. The van der Waals surface area contributed by atoms with Crippen molar-refractivity contribution in [3.05, 3.63) is 65.5 Å². The third-order valence-corrected chi connectivity index (χ3v) is 9.20. The molecule has 2 amide bonds. The lowest BCUT2D eigenvalue weighted by Gasteiger charge is -2.36. The predicted octanol–water partition coefficient (Wildman–Crippen LogP) is 4.72. The number of nitrogens with one attached hydrogen (secondary N) is 1. The molecule has 0 aromatic heterocycles. The van der Waals surface area contributed by atoms with Crippen molar-refractivity contribution >= 4 is 41.5 Å². The second-order valence-electron chi connectivity index (χ2n) is 12.9. The highest BCUT2D eigenvalue weighted by atomic mass is 32.2. The Morgan fingerprint density at radius 3 is 2.39 bits per heavy atom. The molecule has 0 spiro atoms. The molecule has 2 atom stereocenters. The molecule has 0 radical (unpaired) electrons. The SMILES string of the molecule is CC(C)(C)OC(=O)N1CC2CSC(NC(=O)c3ccccc3)=NC2(c2cc(B3OC(C)(C)C(C)(C)O3)ccc2F)C1. The first-order chi connectivity index (χ1) is 19.1. The van der Waals surface area contributed by atoms with Gasteiger partial charge in [-0.25, -0.2) is 14.2 Å². The first-order valence-corrected chi connectivity index (χ1v) is 14.8. The van der Waals surface area contributed by atoms with Gasteiger partial charge in [0.15, 0.2) is 5.17 Å². The number of likely N-dealkylation sites (tertiary alicyclic amines) is 1. The van der Waals surface area contributed by atoms with E-state index in [1.165, 1.54) is 17.8 Å². The van der Waals surface area contributed by atoms with Gasteiger partial charge < -0.3 is 24.3 Å². The average Bonchev–Trinajstić information content (AvgIpc) is 3.37. The van der Waals surface area contributed by atoms with E-state index in [0.717, 1.165) is 0 Å². The number of hydrogen-bond donors (Lipinski definition) is 1. The van der Waals surface area contributed by atoms with Gasteiger partial charge in [-0.3, -0.25) is 4.79 Å². The third-order valence-electron chi connectivity index (χ3n) is 8.16. The predicted molar refractivity (Wildman–Crippen MR) is 159 cm³/mol. The van der Waals surface area contributed by atoms with Crippen LogP contribution in [0.3, 0.4) is 0 Å². The highest BCUT2D eigenvalue weighted by Crippen LogP contribution is 2.47. The fraction of sp³-hybridized carbons (Fsp3) is 0.500. The van der Waals surface area contributed by atoms with Crippen LogP contribution in [0.25, 0.3) is 0 Å². The summed E-state index contributed by atoms with van der Waals surface area (Å²) >= 11 is 1.39. The normalized spacial score (nSPS) is 25.0. The fourth-order valence-corrected chi connectivity index (χ4v) is 6.40. The van der Waals surface area contributed by atoms with Crippen molar-refractivity contribution in [2.24, 2.45) is 10.9 Å². The number of thioether (sulfide) groups is 1. The fourth-order valence-electron chi connectivity index (χ4n) is 5.27. The first-order valence-electron chi connectivity index (χ1n) is 13.8. The molecule has 3 heterocycles. The van der Waals surface area contributed by atoms with Crippen LogP contribution < -0.4 is 10.8 Å². The Morgan fingerprint density at radius 1 is 1.10 bits per heavy atom. The van der Waals surface area contributed by atoms with Crippen molar-refractivity contribution < 1.29 is 28.0 Å². The summed E-state index contributed by atoms with van der Waals surface area (Å²) in [6.45, 7) is 13.7. The second-order valence-corrected chi connectivity index (χ2v) is 13.9. The molecular weight excluding hydrogens is 544 g/mol. The van der Waals surface area contributed by atoms with Crippen LogP contribution in [0.4, 0.5) is 9.18 Å². The van der Waals surface area contributed by atoms with Gasteiger partial charge >= 0.3 is 13.2 Å².